The predicted octanol–water partition coefficient (Wildman–Crippen LogP) is 2.14. The van der Waals surface area contributed by atoms with Gasteiger partial charge in [-0.2, -0.15) is 0 Å². The number of hydrogen-bond acceptors (Lipinski definition) is 6. The average Bonchev–Trinajstić information content (AvgIpc) is 3.04. The molecule has 0 bridgehead atoms. The largest absolute Gasteiger partial charge is 0.507 e. The highest BCUT2D eigenvalue weighted by molar-refractivity contribution is 6.46. The van der Waals surface area contributed by atoms with Crippen molar-refractivity contribution in [2.75, 3.05) is 39.4 Å². The number of aromatic nitrogens is 1. The van der Waals surface area contributed by atoms with Gasteiger partial charge in [-0.15, -0.1) is 0 Å². The van der Waals surface area contributed by atoms with Gasteiger partial charge in [0.15, 0.2) is 0 Å². The standard InChI is InChI=1S/C23H25N3O4/c1-16-5-7-17(8-6-16)21(27)19-20(18-4-2-3-9-24-18)26(23(29)22(19)28)11-10-25-12-14-30-15-13-25/h2-9,20,27H,10-15H2,1H3/b21-19+/t20-/m1/s1. The van der Waals surface area contributed by atoms with E-state index in [0.717, 1.165) is 18.7 Å². The zero-order valence-corrected chi connectivity index (χ0v) is 17.0. The molecule has 0 saturated carbocycles. The van der Waals surface area contributed by atoms with Gasteiger partial charge in [0.05, 0.1) is 24.5 Å². The summed E-state index contributed by atoms with van der Waals surface area (Å²) >= 11 is 0. The highest BCUT2D eigenvalue weighted by Gasteiger charge is 2.46. The Bertz CT molecular complexity index is 950. The first kappa shape index (κ1) is 20.3. The van der Waals surface area contributed by atoms with Crippen molar-refractivity contribution in [3.8, 4) is 0 Å². The summed E-state index contributed by atoms with van der Waals surface area (Å²) in [6.45, 7) is 5.86. The fourth-order valence-electron chi connectivity index (χ4n) is 3.90. The third kappa shape index (κ3) is 3.99. The van der Waals surface area contributed by atoms with Crippen molar-refractivity contribution < 1.29 is 19.4 Å². The van der Waals surface area contributed by atoms with Crippen molar-refractivity contribution in [1.82, 2.24) is 14.8 Å². The molecule has 30 heavy (non-hydrogen) atoms. The fourth-order valence-corrected chi connectivity index (χ4v) is 3.90. The molecule has 156 valence electrons. The highest BCUT2D eigenvalue weighted by atomic mass is 16.5. The molecular weight excluding hydrogens is 382 g/mol. The van der Waals surface area contributed by atoms with Gasteiger partial charge in [-0.05, 0) is 19.1 Å². The number of aliphatic hydroxyl groups excluding tert-OH is 1. The Kier molecular flexibility index (Phi) is 5.92. The van der Waals surface area contributed by atoms with Gasteiger partial charge in [0.25, 0.3) is 11.7 Å². The summed E-state index contributed by atoms with van der Waals surface area (Å²) in [7, 11) is 0. The van der Waals surface area contributed by atoms with Crippen molar-refractivity contribution in [3.63, 3.8) is 0 Å². The van der Waals surface area contributed by atoms with E-state index in [9.17, 15) is 14.7 Å². The predicted molar refractivity (Wildman–Crippen MR) is 112 cm³/mol. The number of carbonyl (C=O) groups excluding carboxylic acids is 2. The second kappa shape index (κ2) is 8.77. The summed E-state index contributed by atoms with van der Waals surface area (Å²) in [6.07, 6.45) is 1.63. The first-order valence-electron chi connectivity index (χ1n) is 10.1. The van der Waals surface area contributed by atoms with Crippen LogP contribution in [0.5, 0.6) is 0 Å². The topological polar surface area (TPSA) is 83.0 Å². The Morgan fingerprint density at radius 3 is 2.50 bits per heavy atom. The third-order valence-electron chi connectivity index (χ3n) is 5.59. The van der Waals surface area contributed by atoms with Gasteiger partial charge >= 0.3 is 0 Å². The van der Waals surface area contributed by atoms with Crippen LogP contribution in [0.25, 0.3) is 5.76 Å². The van der Waals surface area contributed by atoms with Gasteiger partial charge in [-0.1, -0.05) is 35.9 Å². The molecule has 4 rings (SSSR count). The lowest BCUT2D eigenvalue weighted by Gasteiger charge is -2.30. The Morgan fingerprint density at radius 2 is 1.83 bits per heavy atom. The van der Waals surface area contributed by atoms with Gasteiger partial charge in [0.2, 0.25) is 0 Å². The summed E-state index contributed by atoms with van der Waals surface area (Å²) in [5, 5.41) is 11.0. The molecule has 2 aromatic rings. The Labute approximate surface area is 175 Å². The van der Waals surface area contributed by atoms with Crippen LogP contribution in [0.15, 0.2) is 54.2 Å². The maximum absolute atomic E-state index is 13.0. The molecule has 0 radical (unpaired) electrons. The average molecular weight is 407 g/mol. The number of aliphatic hydroxyl groups is 1. The number of benzene rings is 1. The van der Waals surface area contributed by atoms with E-state index in [1.165, 1.54) is 4.90 Å². The van der Waals surface area contributed by atoms with E-state index in [-0.39, 0.29) is 11.3 Å². The van der Waals surface area contributed by atoms with Gasteiger partial charge in [0.1, 0.15) is 11.8 Å². The van der Waals surface area contributed by atoms with Crippen molar-refractivity contribution in [3.05, 3.63) is 71.1 Å². The number of rotatable bonds is 5. The van der Waals surface area contributed by atoms with Crippen molar-refractivity contribution in [1.29, 1.82) is 0 Å². The van der Waals surface area contributed by atoms with E-state index in [1.807, 2.05) is 25.1 Å². The van der Waals surface area contributed by atoms with Crippen LogP contribution in [0.3, 0.4) is 0 Å². The third-order valence-corrected chi connectivity index (χ3v) is 5.59. The number of morpholine rings is 1. The number of ketones is 1. The minimum Gasteiger partial charge on any atom is -0.507 e. The molecular formula is C23H25N3O4. The second-order valence-electron chi connectivity index (χ2n) is 7.57. The number of pyridine rings is 1. The van der Waals surface area contributed by atoms with Gasteiger partial charge in [0, 0.05) is 37.9 Å². The zero-order chi connectivity index (χ0) is 21.1. The van der Waals surface area contributed by atoms with Gasteiger partial charge < -0.3 is 14.7 Å². The molecule has 2 aliphatic rings. The maximum Gasteiger partial charge on any atom is 0.295 e. The smallest absolute Gasteiger partial charge is 0.295 e. The van der Waals surface area contributed by atoms with E-state index in [4.69, 9.17) is 4.74 Å². The Hall–Kier alpha value is -3.03. The molecule has 1 amide bonds. The summed E-state index contributed by atoms with van der Waals surface area (Å²) in [5.74, 6) is -1.45. The molecule has 0 unspecified atom stereocenters. The number of ether oxygens (including phenoxy) is 1. The lowest BCUT2D eigenvalue weighted by molar-refractivity contribution is -0.140. The minimum absolute atomic E-state index is 0.0875. The lowest BCUT2D eigenvalue weighted by Crippen LogP contribution is -2.42. The van der Waals surface area contributed by atoms with Gasteiger partial charge in [-0.25, -0.2) is 0 Å². The molecule has 0 aliphatic carbocycles. The van der Waals surface area contributed by atoms with Crippen molar-refractivity contribution >= 4 is 17.4 Å². The molecule has 1 aromatic heterocycles. The molecule has 7 heteroatoms. The van der Waals surface area contributed by atoms with Crippen LogP contribution >= 0.6 is 0 Å². The molecule has 3 heterocycles. The number of nitrogens with zero attached hydrogens (tertiary/aromatic N) is 3. The number of amides is 1. The van der Waals surface area contributed by atoms with Gasteiger partial charge in [-0.3, -0.25) is 19.5 Å². The van der Waals surface area contributed by atoms with Crippen molar-refractivity contribution in [2.45, 2.75) is 13.0 Å². The quantitative estimate of drug-likeness (QED) is 0.465. The number of Topliss-reactive ketones (excluding diaryl/α,β-unsaturated/α-hetero) is 1. The SMILES string of the molecule is Cc1ccc(/C(O)=C2\C(=O)C(=O)N(CCN3CCOCC3)[C@@H]2c2ccccn2)cc1. The number of aryl methyl sites for hydroxylation is 1. The normalized spacial score (nSPS) is 21.9. The summed E-state index contributed by atoms with van der Waals surface area (Å²) < 4.78 is 5.38. The van der Waals surface area contributed by atoms with Crippen LogP contribution in [0.2, 0.25) is 0 Å². The molecule has 0 spiro atoms. The number of carbonyl (C=O) groups is 2. The van der Waals surface area contributed by atoms with Crippen LogP contribution in [0.4, 0.5) is 0 Å². The van der Waals surface area contributed by atoms with Crippen LogP contribution in [0, 0.1) is 6.92 Å². The van der Waals surface area contributed by atoms with Crippen molar-refractivity contribution in [2.24, 2.45) is 0 Å². The van der Waals surface area contributed by atoms with E-state index in [0.29, 0.717) is 37.6 Å². The zero-order valence-electron chi connectivity index (χ0n) is 17.0. The molecule has 2 aliphatic heterocycles. The maximum atomic E-state index is 13.0. The van der Waals surface area contributed by atoms with E-state index >= 15 is 0 Å². The molecule has 7 nitrogen and oxygen atoms in total. The molecule has 2 saturated heterocycles. The van der Waals surface area contributed by atoms with E-state index in [2.05, 4.69) is 9.88 Å². The first-order chi connectivity index (χ1) is 14.6. The van der Waals surface area contributed by atoms with Crippen LogP contribution in [-0.4, -0.2) is 71.0 Å². The summed E-state index contributed by atoms with van der Waals surface area (Å²) in [4.78, 5) is 34.0. The van der Waals surface area contributed by atoms with Crippen LogP contribution in [-0.2, 0) is 14.3 Å². The minimum atomic E-state index is -0.714. The molecule has 2 fully saturated rings. The Morgan fingerprint density at radius 1 is 1.10 bits per heavy atom. The Balaban J connectivity index is 1.71. The lowest BCUT2D eigenvalue weighted by atomic mass is 9.98. The highest BCUT2D eigenvalue weighted by Crippen LogP contribution is 2.38. The number of hydrogen-bond donors (Lipinski definition) is 1. The van der Waals surface area contributed by atoms with E-state index in [1.54, 1.807) is 30.5 Å². The van der Waals surface area contributed by atoms with Crippen LogP contribution in [0.1, 0.15) is 22.9 Å². The van der Waals surface area contributed by atoms with E-state index < -0.39 is 17.7 Å². The van der Waals surface area contributed by atoms with Crippen LogP contribution < -0.4 is 0 Å². The first-order valence-corrected chi connectivity index (χ1v) is 10.1. The summed E-state index contributed by atoms with van der Waals surface area (Å²) in [5.41, 5.74) is 2.20. The number of likely N-dealkylation sites (tertiary alicyclic amines) is 1. The monoisotopic (exact) mass is 407 g/mol. The summed E-state index contributed by atoms with van der Waals surface area (Å²) in [6, 6.07) is 11.9. The molecule has 1 N–H and O–H groups in total. The molecule has 1 aromatic carbocycles. The molecule has 1 atom stereocenters. The second-order valence-corrected chi connectivity index (χ2v) is 7.57. The fraction of sp³-hybridized carbons (Fsp3) is 0.348.